The smallest absolute Gasteiger partial charge is 0.345 e. The molecule has 2 aliphatic carbocycles. The fourth-order valence-electron chi connectivity index (χ4n) is 3.28. The molecule has 1 N–H and O–H groups in total. The number of hydrogen-bond donors (Lipinski definition) is 1. The summed E-state index contributed by atoms with van der Waals surface area (Å²) in [5, 5.41) is 2.52. The molecule has 0 bridgehead atoms. The Labute approximate surface area is 158 Å². The number of fused-ring (bicyclic) bond motifs is 1. The number of aryl methyl sites for hydroxylation is 1. The van der Waals surface area contributed by atoms with E-state index >= 15 is 0 Å². The molecule has 0 saturated heterocycles. The van der Waals surface area contributed by atoms with Gasteiger partial charge in [-0.15, -0.1) is 0 Å². The highest BCUT2D eigenvalue weighted by Crippen LogP contribution is 2.38. The summed E-state index contributed by atoms with van der Waals surface area (Å²) in [5.41, 5.74) is -0.418. The van der Waals surface area contributed by atoms with E-state index in [0.717, 1.165) is 18.5 Å². The lowest BCUT2D eigenvalue weighted by molar-refractivity contribution is -0.138. The number of ketones is 1. The number of nitrogens with one attached hydrogen (secondary N) is 1. The zero-order valence-electron chi connectivity index (χ0n) is 14.8. The van der Waals surface area contributed by atoms with Crippen molar-refractivity contribution < 1.29 is 22.8 Å². The van der Waals surface area contributed by atoms with E-state index in [9.17, 15) is 22.8 Å². The largest absolute Gasteiger partial charge is 0.417 e. The van der Waals surface area contributed by atoms with E-state index in [2.05, 4.69) is 20.3 Å². The van der Waals surface area contributed by atoms with Crippen molar-refractivity contribution >= 4 is 11.7 Å². The van der Waals surface area contributed by atoms with Crippen LogP contribution in [0.1, 0.15) is 75.1 Å². The molecule has 2 aromatic heterocycles. The van der Waals surface area contributed by atoms with Crippen LogP contribution in [0.4, 0.5) is 13.2 Å². The Morgan fingerprint density at radius 3 is 2.61 bits per heavy atom. The van der Waals surface area contributed by atoms with Crippen LogP contribution in [0, 0.1) is 0 Å². The normalized spacial score (nSPS) is 16.6. The third-order valence-corrected chi connectivity index (χ3v) is 4.88. The average molecular weight is 390 g/mol. The molecule has 1 amide bonds. The Hall–Kier alpha value is -2.84. The van der Waals surface area contributed by atoms with E-state index in [-0.39, 0.29) is 30.8 Å². The molecule has 1 saturated carbocycles. The van der Waals surface area contributed by atoms with E-state index in [1.165, 1.54) is 0 Å². The summed E-state index contributed by atoms with van der Waals surface area (Å²) in [4.78, 5) is 36.9. The van der Waals surface area contributed by atoms with Crippen LogP contribution in [-0.2, 0) is 19.1 Å². The molecule has 1 fully saturated rings. The Bertz CT molecular complexity index is 937. The van der Waals surface area contributed by atoms with E-state index in [1.54, 1.807) is 12.4 Å². The summed E-state index contributed by atoms with van der Waals surface area (Å²) in [5.74, 6) is -0.877. The maximum absolute atomic E-state index is 13.4. The number of rotatable bonds is 4. The number of aromatic nitrogens is 3. The highest BCUT2D eigenvalue weighted by Gasteiger charge is 2.39. The van der Waals surface area contributed by atoms with Crippen LogP contribution in [0.15, 0.2) is 18.5 Å². The van der Waals surface area contributed by atoms with Gasteiger partial charge >= 0.3 is 6.18 Å². The first-order valence-corrected chi connectivity index (χ1v) is 9.06. The van der Waals surface area contributed by atoms with Crippen LogP contribution < -0.4 is 5.32 Å². The topological polar surface area (TPSA) is 84.8 Å². The van der Waals surface area contributed by atoms with Crippen molar-refractivity contribution in [2.24, 2.45) is 0 Å². The van der Waals surface area contributed by atoms with Crippen molar-refractivity contribution in [2.75, 3.05) is 0 Å². The maximum Gasteiger partial charge on any atom is 0.417 e. The van der Waals surface area contributed by atoms with Gasteiger partial charge in [0.25, 0.3) is 5.91 Å². The number of carbonyl (C=O) groups excluding carboxylic acids is 2. The van der Waals surface area contributed by atoms with Crippen molar-refractivity contribution in [3.63, 3.8) is 0 Å². The van der Waals surface area contributed by atoms with Crippen LogP contribution >= 0.6 is 0 Å². The number of alkyl halides is 3. The number of nitrogens with zero attached hydrogens (tertiary/aromatic N) is 3. The minimum Gasteiger partial charge on any atom is -0.345 e. The van der Waals surface area contributed by atoms with Crippen molar-refractivity contribution in [2.45, 2.75) is 50.7 Å². The maximum atomic E-state index is 13.4. The van der Waals surface area contributed by atoms with E-state index < -0.39 is 29.0 Å². The van der Waals surface area contributed by atoms with Crippen molar-refractivity contribution in [3.05, 3.63) is 52.4 Å². The van der Waals surface area contributed by atoms with Gasteiger partial charge in [0.05, 0.1) is 41.0 Å². The van der Waals surface area contributed by atoms with Gasteiger partial charge in [-0.1, -0.05) is 0 Å². The van der Waals surface area contributed by atoms with E-state index in [4.69, 9.17) is 0 Å². The quantitative estimate of drug-likeness (QED) is 0.867. The summed E-state index contributed by atoms with van der Waals surface area (Å²) in [6.45, 7) is 0.0236. The molecule has 0 unspecified atom stereocenters. The first-order valence-electron chi connectivity index (χ1n) is 9.06. The molecule has 146 valence electrons. The highest BCUT2D eigenvalue weighted by atomic mass is 19.4. The molecule has 0 aromatic carbocycles. The zero-order chi connectivity index (χ0) is 19.9. The summed E-state index contributed by atoms with van der Waals surface area (Å²) < 4.78 is 40.3. The number of carbonyl (C=O) groups is 2. The second-order valence-corrected chi connectivity index (χ2v) is 7.04. The van der Waals surface area contributed by atoms with Crippen molar-refractivity contribution in [3.8, 4) is 0 Å². The summed E-state index contributed by atoms with van der Waals surface area (Å²) >= 11 is 0. The molecule has 4 rings (SSSR count). The Balaban J connectivity index is 1.54. The zero-order valence-corrected chi connectivity index (χ0v) is 14.8. The minimum atomic E-state index is -4.74. The molecule has 0 spiro atoms. The number of amides is 1. The lowest BCUT2D eigenvalue weighted by atomic mass is 9.90. The van der Waals surface area contributed by atoms with Gasteiger partial charge in [-0.25, -0.2) is 4.98 Å². The molecule has 6 nitrogen and oxygen atoms in total. The van der Waals surface area contributed by atoms with Crippen LogP contribution in [0.3, 0.4) is 0 Å². The predicted octanol–water partition coefficient (Wildman–Crippen LogP) is 3.22. The highest BCUT2D eigenvalue weighted by molar-refractivity contribution is 6.01. The van der Waals surface area contributed by atoms with E-state index in [0.29, 0.717) is 24.1 Å². The first kappa shape index (κ1) is 18.5. The van der Waals surface area contributed by atoms with Crippen LogP contribution in [0.25, 0.3) is 0 Å². The second kappa shape index (κ2) is 6.96. The molecule has 2 heterocycles. The second-order valence-electron chi connectivity index (χ2n) is 7.04. The van der Waals surface area contributed by atoms with Crippen LogP contribution in [0.2, 0.25) is 0 Å². The van der Waals surface area contributed by atoms with Crippen molar-refractivity contribution in [1.82, 2.24) is 20.3 Å². The van der Waals surface area contributed by atoms with Gasteiger partial charge in [-0.2, -0.15) is 13.2 Å². The number of Topliss-reactive ketones (excluding diaryl/α,β-unsaturated/α-hetero) is 1. The average Bonchev–Trinajstić information content (AvgIpc) is 3.50. The Morgan fingerprint density at radius 1 is 1.18 bits per heavy atom. The van der Waals surface area contributed by atoms with Gasteiger partial charge in [0.15, 0.2) is 5.78 Å². The standard InChI is InChI=1S/C19H17F3N4O2/c20-19(21,22)12-6-14(26-13-2-1-3-16(27)17(12)13)18(28)25-8-11-7-24-15(9-23-11)10-4-5-10/h6-7,9-10H,1-5,8H2,(H,25,28). The molecule has 2 aliphatic rings. The first-order chi connectivity index (χ1) is 13.3. The van der Waals surface area contributed by atoms with Gasteiger partial charge in [0.1, 0.15) is 5.69 Å². The summed E-state index contributed by atoms with van der Waals surface area (Å²) in [6, 6.07) is 0.652. The summed E-state index contributed by atoms with van der Waals surface area (Å²) in [7, 11) is 0. The number of pyridine rings is 1. The third-order valence-electron chi connectivity index (χ3n) is 4.88. The molecule has 0 atom stereocenters. The molecule has 0 radical (unpaired) electrons. The lowest BCUT2D eigenvalue weighted by Gasteiger charge is -2.20. The van der Waals surface area contributed by atoms with Gasteiger partial charge in [-0.05, 0) is 31.7 Å². The van der Waals surface area contributed by atoms with Crippen LogP contribution in [0.5, 0.6) is 0 Å². The lowest BCUT2D eigenvalue weighted by Crippen LogP contribution is -2.28. The predicted molar refractivity (Wildman–Crippen MR) is 91.7 cm³/mol. The Morgan fingerprint density at radius 2 is 1.96 bits per heavy atom. The fraction of sp³-hybridized carbons (Fsp3) is 0.421. The SMILES string of the molecule is O=C(NCc1cnc(C2CC2)cn1)c1cc(C(F)(F)F)c2c(n1)CCCC2=O. The fourth-order valence-corrected chi connectivity index (χ4v) is 3.28. The number of halogens is 3. The molecule has 2 aromatic rings. The van der Waals surface area contributed by atoms with Crippen molar-refractivity contribution in [1.29, 1.82) is 0 Å². The minimum absolute atomic E-state index is 0.0236. The molecule has 28 heavy (non-hydrogen) atoms. The molecule has 9 heteroatoms. The molecular weight excluding hydrogens is 373 g/mol. The van der Waals surface area contributed by atoms with E-state index in [1.807, 2.05) is 0 Å². The van der Waals surface area contributed by atoms with Crippen LogP contribution in [-0.4, -0.2) is 26.6 Å². The molecule has 0 aliphatic heterocycles. The number of hydrogen-bond acceptors (Lipinski definition) is 5. The summed E-state index contributed by atoms with van der Waals surface area (Å²) in [6.07, 6.45) is 1.37. The van der Waals surface area contributed by atoms with Gasteiger partial charge in [0, 0.05) is 18.5 Å². The third kappa shape index (κ3) is 3.74. The Kier molecular flexibility index (Phi) is 4.60. The van der Waals surface area contributed by atoms with Gasteiger partial charge in [-0.3, -0.25) is 19.6 Å². The monoisotopic (exact) mass is 390 g/mol. The van der Waals surface area contributed by atoms with Gasteiger partial charge in [0.2, 0.25) is 0 Å². The van der Waals surface area contributed by atoms with Gasteiger partial charge < -0.3 is 5.32 Å². The molecular formula is C19H17F3N4O2.